The van der Waals surface area contributed by atoms with Gasteiger partial charge in [-0.1, -0.05) is 102 Å². The zero-order chi connectivity index (χ0) is 44.2. The van der Waals surface area contributed by atoms with Crippen LogP contribution in [0.15, 0.2) is 173 Å². The predicted molar refractivity (Wildman–Crippen MR) is 260 cm³/mol. The minimum absolute atomic E-state index is 0.0199. The summed E-state index contributed by atoms with van der Waals surface area (Å²) in [5, 5.41) is 24.0. The fourth-order valence-electron chi connectivity index (χ4n) is 8.19. The maximum atomic E-state index is 6.48. The van der Waals surface area contributed by atoms with Crippen molar-refractivity contribution in [1.82, 2.24) is 25.0 Å². The summed E-state index contributed by atoms with van der Waals surface area (Å²) in [5.41, 5.74) is 12.7. The minimum Gasteiger partial charge on any atom is -0.416 e. The van der Waals surface area contributed by atoms with E-state index in [2.05, 4.69) is 193 Å². The molecule has 0 amide bonds. The average Bonchev–Trinajstić information content (AvgIpc) is 4.08. The maximum absolute atomic E-state index is 6.48. The number of nitrogens with zero attached hydrogens (tertiary/aromatic N) is 6. The number of fused-ring (bicyclic) bond motifs is 3. The van der Waals surface area contributed by atoms with Crippen molar-refractivity contribution in [3.8, 4) is 51.5 Å². The molecule has 0 aliphatic rings. The Morgan fingerprint density at radius 2 is 0.906 bits per heavy atom. The van der Waals surface area contributed by atoms with E-state index >= 15 is 0 Å². The van der Waals surface area contributed by atoms with E-state index in [-0.39, 0.29) is 10.8 Å². The van der Waals surface area contributed by atoms with Gasteiger partial charge in [0.25, 0.3) is 0 Å². The van der Waals surface area contributed by atoms with Gasteiger partial charge in [-0.25, -0.2) is 0 Å². The summed E-state index contributed by atoms with van der Waals surface area (Å²) in [4.78, 5) is 2.21. The first kappa shape index (κ1) is 40.3. The first-order valence-electron chi connectivity index (χ1n) is 21.6. The van der Waals surface area contributed by atoms with Crippen molar-refractivity contribution in [2.24, 2.45) is 0 Å². The van der Waals surface area contributed by atoms with E-state index in [0.29, 0.717) is 34.7 Å². The fraction of sp³-hybridized carbons (Fsp3) is 0.164. The maximum Gasteiger partial charge on any atom is 0.248 e. The molecule has 9 heteroatoms. The third-order valence-corrected chi connectivity index (χ3v) is 11.9. The van der Waals surface area contributed by atoms with Crippen LogP contribution in [0.2, 0.25) is 0 Å². The second kappa shape index (κ2) is 15.8. The summed E-state index contributed by atoms with van der Waals surface area (Å²) in [6.07, 6.45) is 0. The Morgan fingerprint density at radius 1 is 0.438 bits per heavy atom. The Bertz CT molecular complexity index is 3150. The van der Waals surface area contributed by atoms with E-state index in [1.807, 2.05) is 54.6 Å². The third kappa shape index (κ3) is 7.81. The SMILES string of the molecule is CN(c1ccccc1)c1ccc2c(c1)c1cc(Nc3ccccc3)ccc1n2-c1cc(-c2nnc(-c3ccc(C(C)(C)C)cc3)o2)cc(-c2nnc(-c3ccc(C(C)(C)C)cc3)o2)c1. The van der Waals surface area contributed by atoms with Crippen LogP contribution < -0.4 is 10.2 Å². The van der Waals surface area contributed by atoms with Gasteiger partial charge in [0.1, 0.15) is 0 Å². The summed E-state index contributed by atoms with van der Waals surface area (Å²) < 4.78 is 15.2. The van der Waals surface area contributed by atoms with Gasteiger partial charge in [0.05, 0.1) is 11.0 Å². The summed E-state index contributed by atoms with van der Waals surface area (Å²) in [7, 11) is 2.10. The van der Waals surface area contributed by atoms with Crippen LogP contribution in [0.25, 0.3) is 73.3 Å². The fourth-order valence-corrected chi connectivity index (χ4v) is 8.19. The summed E-state index contributed by atoms with van der Waals surface area (Å²) >= 11 is 0. The van der Waals surface area contributed by atoms with Gasteiger partial charge >= 0.3 is 0 Å². The van der Waals surface area contributed by atoms with Crippen molar-refractivity contribution >= 4 is 44.6 Å². The highest BCUT2D eigenvalue weighted by atomic mass is 16.4. The van der Waals surface area contributed by atoms with E-state index in [4.69, 9.17) is 8.83 Å². The summed E-state index contributed by atoms with van der Waals surface area (Å²) in [6.45, 7) is 13.2. The Kier molecular flexibility index (Phi) is 9.98. The third-order valence-electron chi connectivity index (χ3n) is 11.9. The van der Waals surface area contributed by atoms with Crippen LogP contribution in [-0.2, 0) is 10.8 Å². The summed E-state index contributed by atoms with van der Waals surface area (Å²) in [5.74, 6) is 1.62. The van der Waals surface area contributed by atoms with E-state index < -0.39 is 0 Å². The lowest BCUT2D eigenvalue weighted by Gasteiger charge is -2.19. The molecule has 0 spiro atoms. The molecule has 0 unspecified atom stereocenters. The molecular formula is C55H49N7O2. The monoisotopic (exact) mass is 839 g/mol. The lowest BCUT2D eigenvalue weighted by molar-refractivity contribution is 0.580. The molecule has 0 radical (unpaired) electrons. The second-order valence-electron chi connectivity index (χ2n) is 18.4. The van der Waals surface area contributed by atoms with E-state index in [9.17, 15) is 0 Å². The zero-order valence-electron chi connectivity index (χ0n) is 37.1. The Labute approximate surface area is 373 Å². The molecule has 10 rings (SSSR count). The van der Waals surface area contributed by atoms with E-state index in [1.165, 1.54) is 11.1 Å². The normalized spacial score (nSPS) is 12.0. The van der Waals surface area contributed by atoms with Gasteiger partial charge in [0, 0.05) is 68.5 Å². The van der Waals surface area contributed by atoms with Crippen LogP contribution >= 0.6 is 0 Å². The second-order valence-corrected chi connectivity index (χ2v) is 18.4. The molecule has 0 saturated carbocycles. The lowest BCUT2D eigenvalue weighted by atomic mass is 9.87. The van der Waals surface area contributed by atoms with Crippen molar-refractivity contribution in [2.75, 3.05) is 17.3 Å². The van der Waals surface area contributed by atoms with Crippen LogP contribution in [0.3, 0.4) is 0 Å². The molecule has 1 N–H and O–H groups in total. The number of hydrogen-bond acceptors (Lipinski definition) is 8. The Hall–Kier alpha value is -7.78. The van der Waals surface area contributed by atoms with Crippen LogP contribution in [0.4, 0.5) is 22.7 Å². The van der Waals surface area contributed by atoms with Crippen molar-refractivity contribution in [3.63, 3.8) is 0 Å². The standard InChI is InChI=1S/C55H49N7O2/c1-54(2,3)39-22-18-35(19-23-39)50-57-59-52(63-50)37-30-38(53-60-58-51(64-53)36-20-24-40(25-21-36)55(4,5)6)32-45(31-37)62-48-28-26-42(56-41-14-10-8-11-15-41)33-46(48)47-34-44(27-29-49(47)62)61(7)43-16-12-9-13-17-43/h8-34,56H,1-7H3. The first-order chi connectivity index (χ1) is 30.9. The smallest absolute Gasteiger partial charge is 0.248 e. The Balaban J connectivity index is 1.14. The van der Waals surface area contributed by atoms with E-state index in [1.54, 1.807) is 0 Å². The molecule has 0 fully saturated rings. The molecule has 0 atom stereocenters. The lowest BCUT2D eigenvalue weighted by Crippen LogP contribution is -2.10. The van der Waals surface area contributed by atoms with Gasteiger partial charge in [-0.3, -0.25) is 0 Å². The highest BCUT2D eigenvalue weighted by Crippen LogP contribution is 2.40. The minimum atomic E-state index is 0.0199. The van der Waals surface area contributed by atoms with Crippen molar-refractivity contribution in [2.45, 2.75) is 52.4 Å². The number of nitrogens with one attached hydrogen (secondary N) is 1. The van der Waals surface area contributed by atoms with E-state index in [0.717, 1.165) is 61.4 Å². The van der Waals surface area contributed by atoms with Crippen molar-refractivity contribution in [1.29, 1.82) is 0 Å². The summed E-state index contributed by atoms with van der Waals surface area (Å²) in [6, 6.07) is 56.6. The molecule has 0 bridgehead atoms. The van der Waals surface area contributed by atoms with Gasteiger partial charge < -0.3 is 23.6 Å². The molecule has 316 valence electrons. The van der Waals surface area contributed by atoms with Crippen LogP contribution in [0, 0.1) is 0 Å². The number of aromatic nitrogens is 5. The van der Waals surface area contributed by atoms with Gasteiger partial charge in [-0.2, -0.15) is 0 Å². The molecule has 64 heavy (non-hydrogen) atoms. The first-order valence-corrected chi connectivity index (χ1v) is 21.6. The van der Waals surface area contributed by atoms with Gasteiger partial charge in [0.2, 0.25) is 23.6 Å². The van der Waals surface area contributed by atoms with Crippen LogP contribution in [0.5, 0.6) is 0 Å². The highest BCUT2D eigenvalue weighted by molar-refractivity contribution is 6.11. The highest BCUT2D eigenvalue weighted by Gasteiger charge is 2.22. The molecule has 0 aliphatic carbocycles. The topological polar surface area (TPSA) is 98.0 Å². The molecule has 0 saturated heterocycles. The zero-order valence-corrected chi connectivity index (χ0v) is 37.1. The molecule has 3 aromatic heterocycles. The van der Waals surface area contributed by atoms with Crippen LogP contribution in [0.1, 0.15) is 52.7 Å². The number of para-hydroxylation sites is 2. The van der Waals surface area contributed by atoms with Gasteiger partial charge in [0.15, 0.2) is 0 Å². The number of benzene rings is 7. The number of hydrogen-bond donors (Lipinski definition) is 1. The van der Waals surface area contributed by atoms with Gasteiger partial charge in [-0.05, 0) is 125 Å². The van der Waals surface area contributed by atoms with Gasteiger partial charge in [-0.15, -0.1) is 20.4 Å². The molecule has 0 aliphatic heterocycles. The number of anilines is 4. The van der Waals surface area contributed by atoms with Crippen LogP contribution in [-0.4, -0.2) is 32.0 Å². The number of rotatable bonds is 9. The van der Waals surface area contributed by atoms with Crippen molar-refractivity contribution in [3.05, 3.63) is 175 Å². The predicted octanol–water partition coefficient (Wildman–Crippen LogP) is 14.3. The molecule has 3 heterocycles. The average molecular weight is 840 g/mol. The molecule has 10 aromatic rings. The largest absolute Gasteiger partial charge is 0.416 e. The molecule has 9 nitrogen and oxygen atoms in total. The molecule has 7 aromatic carbocycles. The molecular weight excluding hydrogens is 791 g/mol. The van der Waals surface area contributed by atoms with Crippen molar-refractivity contribution < 1.29 is 8.83 Å². The Morgan fingerprint density at radius 3 is 1.42 bits per heavy atom. The quantitative estimate of drug-likeness (QED) is 0.153.